The summed E-state index contributed by atoms with van der Waals surface area (Å²) in [6, 6.07) is 16.4. The van der Waals surface area contributed by atoms with Crippen molar-refractivity contribution in [2.24, 2.45) is 7.05 Å². The van der Waals surface area contributed by atoms with E-state index in [4.69, 9.17) is 4.74 Å². The van der Waals surface area contributed by atoms with Gasteiger partial charge in [-0.2, -0.15) is 0 Å². The van der Waals surface area contributed by atoms with Crippen LogP contribution in [0, 0.1) is 13.8 Å². The second kappa shape index (κ2) is 7.53. The van der Waals surface area contributed by atoms with Gasteiger partial charge in [-0.25, -0.2) is 0 Å². The predicted octanol–water partition coefficient (Wildman–Crippen LogP) is 4.27. The lowest BCUT2D eigenvalue weighted by Crippen LogP contribution is -2.03. The van der Waals surface area contributed by atoms with Crippen molar-refractivity contribution in [3.63, 3.8) is 0 Å². The summed E-state index contributed by atoms with van der Waals surface area (Å²) in [4.78, 5) is 0. The summed E-state index contributed by atoms with van der Waals surface area (Å²) < 4.78 is 7.86. The van der Waals surface area contributed by atoms with E-state index in [1.54, 1.807) is 11.8 Å². The van der Waals surface area contributed by atoms with Gasteiger partial charge in [0.1, 0.15) is 5.75 Å². The average Bonchev–Trinajstić information content (AvgIpc) is 2.95. The van der Waals surface area contributed by atoms with Crippen LogP contribution in [-0.2, 0) is 7.05 Å². The molecule has 0 bridgehead atoms. The molecule has 124 valence electrons. The van der Waals surface area contributed by atoms with E-state index in [-0.39, 0.29) is 0 Å². The molecule has 0 N–H and O–H groups in total. The Balaban J connectivity index is 1.58. The van der Waals surface area contributed by atoms with Crippen molar-refractivity contribution in [2.45, 2.75) is 19.0 Å². The SMILES string of the molecule is Cc1ccc(-c2nnc(SCCOc3ccccc3C)n2C)cc1. The molecule has 0 fully saturated rings. The Kier molecular flexibility index (Phi) is 5.20. The largest absolute Gasteiger partial charge is 0.492 e. The highest BCUT2D eigenvalue weighted by Gasteiger charge is 2.11. The highest BCUT2D eigenvalue weighted by Crippen LogP contribution is 2.23. The molecule has 24 heavy (non-hydrogen) atoms. The summed E-state index contributed by atoms with van der Waals surface area (Å²) in [5.74, 6) is 2.66. The molecule has 5 heteroatoms. The second-order valence-corrected chi connectivity index (χ2v) is 6.76. The van der Waals surface area contributed by atoms with Crippen LogP contribution < -0.4 is 4.74 Å². The van der Waals surface area contributed by atoms with Gasteiger partial charge in [0.05, 0.1) is 6.61 Å². The van der Waals surface area contributed by atoms with Crippen molar-refractivity contribution in [3.05, 3.63) is 59.7 Å². The number of aryl methyl sites for hydroxylation is 2. The first-order chi connectivity index (χ1) is 11.6. The van der Waals surface area contributed by atoms with Gasteiger partial charge in [-0.05, 0) is 25.5 Å². The monoisotopic (exact) mass is 339 g/mol. The van der Waals surface area contributed by atoms with Gasteiger partial charge in [-0.3, -0.25) is 0 Å². The summed E-state index contributed by atoms with van der Waals surface area (Å²) >= 11 is 1.66. The third-order valence-corrected chi connectivity index (χ3v) is 4.79. The topological polar surface area (TPSA) is 39.9 Å². The molecular formula is C19H21N3OS. The van der Waals surface area contributed by atoms with Gasteiger partial charge in [-0.1, -0.05) is 59.8 Å². The second-order valence-electron chi connectivity index (χ2n) is 5.69. The van der Waals surface area contributed by atoms with Crippen molar-refractivity contribution >= 4 is 11.8 Å². The summed E-state index contributed by atoms with van der Waals surface area (Å²) in [6.45, 7) is 4.78. The number of benzene rings is 2. The van der Waals surface area contributed by atoms with E-state index in [0.29, 0.717) is 6.61 Å². The van der Waals surface area contributed by atoms with E-state index >= 15 is 0 Å². The minimum absolute atomic E-state index is 0.641. The molecule has 0 saturated heterocycles. The molecule has 3 aromatic rings. The number of hydrogen-bond acceptors (Lipinski definition) is 4. The molecule has 0 atom stereocenters. The molecule has 0 aliphatic heterocycles. The normalized spacial score (nSPS) is 10.8. The zero-order valence-electron chi connectivity index (χ0n) is 14.2. The highest BCUT2D eigenvalue weighted by molar-refractivity contribution is 7.99. The number of ether oxygens (including phenoxy) is 1. The van der Waals surface area contributed by atoms with Crippen molar-refractivity contribution in [1.82, 2.24) is 14.8 Å². The molecule has 0 spiro atoms. The highest BCUT2D eigenvalue weighted by atomic mass is 32.2. The smallest absolute Gasteiger partial charge is 0.191 e. The van der Waals surface area contributed by atoms with E-state index in [1.165, 1.54) is 5.56 Å². The van der Waals surface area contributed by atoms with Crippen LogP contribution in [0.4, 0.5) is 0 Å². The quantitative estimate of drug-likeness (QED) is 0.497. The fourth-order valence-electron chi connectivity index (χ4n) is 2.40. The minimum atomic E-state index is 0.641. The first kappa shape index (κ1) is 16.6. The molecule has 0 amide bonds. The molecule has 1 aromatic heterocycles. The number of thioether (sulfide) groups is 1. The van der Waals surface area contributed by atoms with Crippen LogP contribution in [0.1, 0.15) is 11.1 Å². The average molecular weight is 339 g/mol. The van der Waals surface area contributed by atoms with E-state index in [9.17, 15) is 0 Å². The third kappa shape index (κ3) is 3.79. The van der Waals surface area contributed by atoms with Gasteiger partial charge in [-0.15, -0.1) is 10.2 Å². The molecule has 0 aliphatic carbocycles. The lowest BCUT2D eigenvalue weighted by Gasteiger charge is -2.08. The molecule has 0 saturated carbocycles. The van der Waals surface area contributed by atoms with Crippen molar-refractivity contribution < 1.29 is 4.74 Å². The predicted molar refractivity (Wildman–Crippen MR) is 98.6 cm³/mol. The summed E-state index contributed by atoms with van der Waals surface area (Å²) in [7, 11) is 2.00. The van der Waals surface area contributed by atoms with Crippen LogP contribution in [0.15, 0.2) is 53.7 Å². The Morgan fingerprint density at radius 3 is 2.50 bits per heavy atom. The van der Waals surface area contributed by atoms with E-state index < -0.39 is 0 Å². The maximum Gasteiger partial charge on any atom is 0.191 e. The molecule has 4 nitrogen and oxygen atoms in total. The molecule has 0 aliphatic rings. The Bertz CT molecular complexity index is 812. The number of nitrogens with zero attached hydrogens (tertiary/aromatic N) is 3. The zero-order chi connectivity index (χ0) is 16.9. The Morgan fingerprint density at radius 2 is 1.75 bits per heavy atom. The molecule has 3 rings (SSSR count). The first-order valence-electron chi connectivity index (χ1n) is 7.93. The third-order valence-electron chi connectivity index (χ3n) is 3.81. The van der Waals surface area contributed by atoms with Crippen LogP contribution in [0.2, 0.25) is 0 Å². The van der Waals surface area contributed by atoms with E-state index in [1.807, 2.05) is 29.8 Å². The molecule has 2 aromatic carbocycles. The molecular weight excluding hydrogens is 318 g/mol. The lowest BCUT2D eigenvalue weighted by atomic mass is 10.1. The van der Waals surface area contributed by atoms with Crippen LogP contribution in [0.25, 0.3) is 11.4 Å². The van der Waals surface area contributed by atoms with Gasteiger partial charge >= 0.3 is 0 Å². The number of aromatic nitrogens is 3. The maximum absolute atomic E-state index is 5.82. The summed E-state index contributed by atoms with van der Waals surface area (Å²) in [6.07, 6.45) is 0. The zero-order valence-corrected chi connectivity index (χ0v) is 15.0. The van der Waals surface area contributed by atoms with Crippen LogP contribution in [-0.4, -0.2) is 27.1 Å². The van der Waals surface area contributed by atoms with E-state index in [0.717, 1.165) is 33.6 Å². The number of rotatable bonds is 6. The van der Waals surface area contributed by atoms with Crippen molar-refractivity contribution in [3.8, 4) is 17.1 Å². The van der Waals surface area contributed by atoms with Gasteiger partial charge in [0, 0.05) is 18.4 Å². The Labute approximate surface area is 146 Å². The van der Waals surface area contributed by atoms with Crippen LogP contribution >= 0.6 is 11.8 Å². The fraction of sp³-hybridized carbons (Fsp3) is 0.263. The van der Waals surface area contributed by atoms with Gasteiger partial charge < -0.3 is 9.30 Å². The summed E-state index contributed by atoms with van der Waals surface area (Å²) in [5, 5.41) is 9.52. The lowest BCUT2D eigenvalue weighted by molar-refractivity contribution is 0.341. The fourth-order valence-corrected chi connectivity index (χ4v) is 3.13. The van der Waals surface area contributed by atoms with Crippen LogP contribution in [0.3, 0.4) is 0 Å². The Hall–Kier alpha value is -2.27. The van der Waals surface area contributed by atoms with Gasteiger partial charge in [0.2, 0.25) is 0 Å². The minimum Gasteiger partial charge on any atom is -0.492 e. The van der Waals surface area contributed by atoms with Crippen LogP contribution in [0.5, 0.6) is 5.75 Å². The van der Waals surface area contributed by atoms with Crippen molar-refractivity contribution in [2.75, 3.05) is 12.4 Å². The molecule has 1 heterocycles. The van der Waals surface area contributed by atoms with Gasteiger partial charge in [0.25, 0.3) is 0 Å². The summed E-state index contributed by atoms with van der Waals surface area (Å²) in [5.41, 5.74) is 3.48. The first-order valence-corrected chi connectivity index (χ1v) is 8.91. The van der Waals surface area contributed by atoms with Gasteiger partial charge in [0.15, 0.2) is 11.0 Å². The Morgan fingerprint density at radius 1 is 1.00 bits per heavy atom. The maximum atomic E-state index is 5.82. The van der Waals surface area contributed by atoms with E-state index in [2.05, 4.69) is 54.4 Å². The van der Waals surface area contributed by atoms with Crippen molar-refractivity contribution in [1.29, 1.82) is 0 Å². The molecule has 0 unspecified atom stereocenters. The number of para-hydroxylation sites is 1. The molecule has 0 radical (unpaired) electrons. The standard InChI is InChI=1S/C19H21N3OS/c1-14-8-10-16(11-9-14)18-20-21-19(22(18)3)24-13-12-23-17-7-5-4-6-15(17)2/h4-11H,12-13H2,1-3H3. The number of hydrogen-bond donors (Lipinski definition) is 0.